The maximum atomic E-state index is 10.4. The predicted molar refractivity (Wildman–Crippen MR) is 46.8 cm³/mol. The molecule has 0 spiro atoms. The number of hydrogen-bond donors (Lipinski definition) is 2. The molecule has 1 aliphatic carbocycles. The first-order valence-electron chi connectivity index (χ1n) is 4.50. The molecule has 1 rings (SSSR count). The van der Waals surface area contributed by atoms with Gasteiger partial charge in [-0.1, -0.05) is 19.3 Å². The van der Waals surface area contributed by atoms with Crippen LogP contribution in [0.25, 0.3) is 0 Å². The minimum atomic E-state index is -0.792. The SMILES string of the molecule is CC(N)(CC(=O)O)CC1CCC1. The fourth-order valence-electron chi connectivity index (χ4n) is 1.77. The van der Waals surface area contributed by atoms with Gasteiger partial charge in [0.15, 0.2) is 0 Å². The lowest BCUT2D eigenvalue weighted by Crippen LogP contribution is -2.41. The number of aliphatic carboxylic acids is 1. The first kappa shape index (κ1) is 9.52. The zero-order valence-electron chi connectivity index (χ0n) is 7.55. The van der Waals surface area contributed by atoms with E-state index in [1.54, 1.807) is 0 Å². The van der Waals surface area contributed by atoms with Gasteiger partial charge >= 0.3 is 5.97 Å². The second-order valence-corrected chi connectivity index (χ2v) is 4.23. The zero-order valence-corrected chi connectivity index (χ0v) is 7.55. The highest BCUT2D eigenvalue weighted by Gasteiger charge is 2.29. The van der Waals surface area contributed by atoms with Crippen LogP contribution in [0, 0.1) is 5.92 Å². The van der Waals surface area contributed by atoms with E-state index in [2.05, 4.69) is 0 Å². The monoisotopic (exact) mass is 171 g/mol. The van der Waals surface area contributed by atoms with E-state index < -0.39 is 11.5 Å². The summed E-state index contributed by atoms with van der Waals surface area (Å²) in [6.07, 6.45) is 4.69. The van der Waals surface area contributed by atoms with Crippen molar-refractivity contribution in [1.82, 2.24) is 0 Å². The molecule has 0 heterocycles. The summed E-state index contributed by atoms with van der Waals surface area (Å²) in [5, 5.41) is 8.57. The molecule has 3 N–H and O–H groups in total. The van der Waals surface area contributed by atoms with Crippen LogP contribution >= 0.6 is 0 Å². The van der Waals surface area contributed by atoms with Crippen molar-refractivity contribution in [3.8, 4) is 0 Å². The molecular weight excluding hydrogens is 154 g/mol. The highest BCUT2D eigenvalue weighted by Crippen LogP contribution is 2.33. The molecule has 12 heavy (non-hydrogen) atoms. The van der Waals surface area contributed by atoms with Crippen molar-refractivity contribution < 1.29 is 9.90 Å². The fourth-order valence-corrected chi connectivity index (χ4v) is 1.77. The fraction of sp³-hybridized carbons (Fsp3) is 0.889. The Labute approximate surface area is 72.9 Å². The molecular formula is C9H17NO2. The Morgan fingerprint density at radius 1 is 1.67 bits per heavy atom. The third kappa shape index (κ3) is 2.81. The second kappa shape index (κ2) is 3.44. The molecule has 1 unspecified atom stereocenters. The van der Waals surface area contributed by atoms with E-state index in [4.69, 9.17) is 10.8 Å². The van der Waals surface area contributed by atoms with Gasteiger partial charge in [-0.15, -0.1) is 0 Å². The summed E-state index contributed by atoms with van der Waals surface area (Å²) in [5.41, 5.74) is 5.34. The molecule has 1 atom stereocenters. The molecule has 0 aromatic carbocycles. The van der Waals surface area contributed by atoms with Crippen LogP contribution in [0.15, 0.2) is 0 Å². The van der Waals surface area contributed by atoms with Crippen LogP contribution in [-0.4, -0.2) is 16.6 Å². The van der Waals surface area contributed by atoms with Crippen LogP contribution in [0.2, 0.25) is 0 Å². The van der Waals surface area contributed by atoms with Gasteiger partial charge in [-0.2, -0.15) is 0 Å². The summed E-state index contributed by atoms with van der Waals surface area (Å²) in [4.78, 5) is 10.4. The third-order valence-electron chi connectivity index (χ3n) is 2.53. The maximum absolute atomic E-state index is 10.4. The van der Waals surface area contributed by atoms with Crippen molar-refractivity contribution in [1.29, 1.82) is 0 Å². The predicted octanol–water partition coefficient (Wildman–Crippen LogP) is 1.37. The van der Waals surface area contributed by atoms with Gasteiger partial charge in [0.25, 0.3) is 0 Å². The van der Waals surface area contributed by atoms with Gasteiger partial charge in [0.05, 0.1) is 6.42 Å². The van der Waals surface area contributed by atoms with Crippen molar-refractivity contribution in [2.45, 2.75) is 44.6 Å². The number of carboxylic acids is 1. The zero-order chi connectivity index (χ0) is 9.19. The average molecular weight is 171 g/mol. The molecule has 1 aliphatic rings. The standard InChI is InChI=1S/C9H17NO2/c1-9(10,6-8(11)12)5-7-3-2-4-7/h7H,2-6,10H2,1H3,(H,11,12). The van der Waals surface area contributed by atoms with E-state index >= 15 is 0 Å². The van der Waals surface area contributed by atoms with Crippen molar-refractivity contribution in [3.05, 3.63) is 0 Å². The van der Waals surface area contributed by atoms with Gasteiger partial charge in [-0.25, -0.2) is 0 Å². The number of carboxylic acid groups (broad SMARTS) is 1. The summed E-state index contributed by atoms with van der Waals surface area (Å²) in [6, 6.07) is 0. The van der Waals surface area contributed by atoms with Crippen LogP contribution in [0.4, 0.5) is 0 Å². The Balaban J connectivity index is 2.30. The van der Waals surface area contributed by atoms with E-state index in [-0.39, 0.29) is 6.42 Å². The lowest BCUT2D eigenvalue weighted by molar-refractivity contribution is -0.138. The number of carbonyl (C=O) groups is 1. The van der Waals surface area contributed by atoms with E-state index in [0.717, 1.165) is 6.42 Å². The molecule has 70 valence electrons. The average Bonchev–Trinajstić information content (AvgIpc) is 1.76. The molecule has 1 fully saturated rings. The van der Waals surface area contributed by atoms with Crippen LogP contribution in [0.1, 0.15) is 39.0 Å². The molecule has 0 bridgehead atoms. The topological polar surface area (TPSA) is 63.3 Å². The Kier molecular flexibility index (Phi) is 2.73. The van der Waals surface area contributed by atoms with Crippen LogP contribution in [0.3, 0.4) is 0 Å². The normalized spacial score (nSPS) is 22.8. The number of nitrogens with two attached hydrogens (primary N) is 1. The van der Waals surface area contributed by atoms with Gasteiger partial charge in [0.2, 0.25) is 0 Å². The molecule has 0 aliphatic heterocycles. The van der Waals surface area contributed by atoms with Gasteiger partial charge in [0, 0.05) is 5.54 Å². The largest absolute Gasteiger partial charge is 0.481 e. The van der Waals surface area contributed by atoms with E-state index in [9.17, 15) is 4.79 Å². The van der Waals surface area contributed by atoms with Crippen molar-refractivity contribution >= 4 is 5.97 Å². The smallest absolute Gasteiger partial charge is 0.305 e. The molecule has 0 aromatic rings. The highest BCUT2D eigenvalue weighted by molar-refractivity contribution is 5.68. The van der Waals surface area contributed by atoms with E-state index in [1.165, 1.54) is 19.3 Å². The molecule has 0 amide bonds. The highest BCUT2D eigenvalue weighted by atomic mass is 16.4. The Morgan fingerprint density at radius 3 is 2.58 bits per heavy atom. The van der Waals surface area contributed by atoms with Crippen LogP contribution in [-0.2, 0) is 4.79 Å². The minimum Gasteiger partial charge on any atom is -0.481 e. The summed E-state index contributed by atoms with van der Waals surface area (Å²) in [7, 11) is 0. The van der Waals surface area contributed by atoms with Crippen LogP contribution in [0.5, 0.6) is 0 Å². The minimum absolute atomic E-state index is 0.0868. The Hall–Kier alpha value is -0.570. The van der Waals surface area contributed by atoms with Crippen molar-refractivity contribution in [2.24, 2.45) is 11.7 Å². The third-order valence-corrected chi connectivity index (χ3v) is 2.53. The first-order chi connectivity index (χ1) is 5.49. The van der Waals surface area contributed by atoms with Gasteiger partial charge in [0.1, 0.15) is 0 Å². The lowest BCUT2D eigenvalue weighted by Gasteiger charge is -2.33. The van der Waals surface area contributed by atoms with Gasteiger partial charge < -0.3 is 10.8 Å². The second-order valence-electron chi connectivity index (χ2n) is 4.23. The van der Waals surface area contributed by atoms with E-state index in [0.29, 0.717) is 5.92 Å². The molecule has 0 saturated heterocycles. The Morgan fingerprint density at radius 2 is 2.25 bits per heavy atom. The van der Waals surface area contributed by atoms with Crippen molar-refractivity contribution in [3.63, 3.8) is 0 Å². The lowest BCUT2D eigenvalue weighted by atomic mass is 9.76. The van der Waals surface area contributed by atoms with E-state index in [1.807, 2.05) is 6.92 Å². The summed E-state index contributed by atoms with van der Waals surface area (Å²) in [6.45, 7) is 1.83. The van der Waals surface area contributed by atoms with Gasteiger partial charge in [-0.05, 0) is 19.3 Å². The first-order valence-corrected chi connectivity index (χ1v) is 4.50. The summed E-state index contributed by atoms with van der Waals surface area (Å²) in [5.74, 6) is -0.112. The molecule has 3 nitrogen and oxygen atoms in total. The van der Waals surface area contributed by atoms with Crippen LogP contribution < -0.4 is 5.73 Å². The quantitative estimate of drug-likeness (QED) is 0.671. The molecule has 0 aromatic heterocycles. The van der Waals surface area contributed by atoms with Gasteiger partial charge in [-0.3, -0.25) is 4.79 Å². The summed E-state index contributed by atoms with van der Waals surface area (Å²) < 4.78 is 0. The molecule has 3 heteroatoms. The maximum Gasteiger partial charge on any atom is 0.305 e. The van der Waals surface area contributed by atoms with Crippen molar-refractivity contribution in [2.75, 3.05) is 0 Å². The molecule has 0 radical (unpaired) electrons. The Bertz CT molecular complexity index is 173. The summed E-state index contributed by atoms with van der Waals surface area (Å²) >= 11 is 0. The number of hydrogen-bond acceptors (Lipinski definition) is 2. The molecule has 1 saturated carbocycles. The number of rotatable bonds is 4.